The second-order valence-electron chi connectivity index (χ2n) is 5.74. The Kier molecular flexibility index (Phi) is 3.94. The molecule has 2 aliphatic rings. The van der Waals surface area contributed by atoms with E-state index in [0.717, 1.165) is 16.7 Å². The first kappa shape index (κ1) is 13.8. The fourth-order valence-corrected chi connectivity index (χ4v) is 4.32. The van der Waals surface area contributed by atoms with Crippen molar-refractivity contribution in [3.05, 3.63) is 21.9 Å². The van der Waals surface area contributed by atoms with Gasteiger partial charge in [0.2, 0.25) is 0 Å². The van der Waals surface area contributed by atoms with Gasteiger partial charge in [-0.2, -0.15) is 0 Å². The Morgan fingerprint density at radius 2 is 2.15 bits per heavy atom. The van der Waals surface area contributed by atoms with Crippen LogP contribution in [0, 0.1) is 18.8 Å². The maximum atomic E-state index is 11.9. The summed E-state index contributed by atoms with van der Waals surface area (Å²) in [5, 5.41) is 3.85. The van der Waals surface area contributed by atoms with Crippen LogP contribution < -0.4 is 16.2 Å². The summed E-state index contributed by atoms with van der Waals surface area (Å²) in [6.45, 7) is 1.98. The van der Waals surface area contributed by atoms with Crippen LogP contribution in [0.1, 0.15) is 40.2 Å². The predicted octanol–water partition coefficient (Wildman–Crippen LogP) is 2.35. The smallest absolute Gasteiger partial charge is 0.279 e. The molecule has 1 heterocycles. The minimum absolute atomic E-state index is 0.139. The van der Waals surface area contributed by atoms with Crippen LogP contribution in [0.2, 0.25) is 0 Å². The van der Waals surface area contributed by atoms with Crippen molar-refractivity contribution in [3.63, 3.8) is 0 Å². The average Bonchev–Trinajstić information content (AvgIpc) is 3.12. The molecule has 3 N–H and O–H groups in total. The Morgan fingerprint density at radius 1 is 1.30 bits per heavy atom. The fourth-order valence-electron chi connectivity index (χ4n) is 3.36. The summed E-state index contributed by atoms with van der Waals surface area (Å²) in [4.78, 5) is 13.7. The molecule has 2 saturated carbocycles. The van der Waals surface area contributed by atoms with Gasteiger partial charge >= 0.3 is 0 Å². The lowest BCUT2D eigenvalue weighted by Crippen LogP contribution is -2.50. The van der Waals surface area contributed by atoms with Gasteiger partial charge in [-0.25, -0.2) is 0 Å². The van der Waals surface area contributed by atoms with Gasteiger partial charge in [-0.3, -0.25) is 15.6 Å². The third-order valence-corrected chi connectivity index (χ3v) is 5.53. The molecule has 1 amide bonds. The van der Waals surface area contributed by atoms with Crippen LogP contribution in [0.5, 0.6) is 0 Å². The zero-order valence-corrected chi connectivity index (χ0v) is 13.1. The van der Waals surface area contributed by atoms with Crippen molar-refractivity contribution in [3.8, 4) is 0 Å². The molecule has 0 aliphatic heterocycles. The van der Waals surface area contributed by atoms with E-state index < -0.39 is 0 Å². The molecule has 0 spiro atoms. The second-order valence-corrected chi connectivity index (χ2v) is 7.44. The lowest BCUT2D eigenvalue weighted by Gasteiger charge is -2.24. The summed E-state index contributed by atoms with van der Waals surface area (Å²) in [6, 6.07) is 4.24. The highest BCUT2D eigenvalue weighted by Gasteiger charge is 2.39. The molecular formula is C14H19N3OS2. The largest absolute Gasteiger partial charge is 0.358 e. The van der Waals surface area contributed by atoms with E-state index in [2.05, 4.69) is 16.2 Å². The minimum Gasteiger partial charge on any atom is -0.358 e. The van der Waals surface area contributed by atoms with Gasteiger partial charge in [-0.05, 0) is 62.4 Å². The molecule has 3 rings (SSSR count). The number of carbonyl (C=O) groups excluding carboxylic acids is 1. The van der Waals surface area contributed by atoms with Crippen LogP contribution in [0.4, 0.5) is 0 Å². The maximum Gasteiger partial charge on any atom is 0.279 e. The van der Waals surface area contributed by atoms with Crippen molar-refractivity contribution in [2.75, 3.05) is 0 Å². The molecule has 1 aromatic heterocycles. The van der Waals surface area contributed by atoms with Crippen molar-refractivity contribution < 1.29 is 4.79 Å². The Balaban J connectivity index is 1.44. The van der Waals surface area contributed by atoms with E-state index in [1.54, 1.807) is 0 Å². The molecule has 108 valence electrons. The minimum atomic E-state index is -0.139. The van der Waals surface area contributed by atoms with Crippen molar-refractivity contribution in [1.82, 2.24) is 16.2 Å². The monoisotopic (exact) mass is 309 g/mol. The van der Waals surface area contributed by atoms with Crippen LogP contribution in [0.3, 0.4) is 0 Å². The molecule has 0 unspecified atom stereocenters. The number of hydrogen-bond donors (Lipinski definition) is 3. The third-order valence-electron chi connectivity index (χ3n) is 4.31. The summed E-state index contributed by atoms with van der Waals surface area (Å²) in [7, 11) is 0. The van der Waals surface area contributed by atoms with Crippen molar-refractivity contribution >= 4 is 34.6 Å². The molecule has 3 atom stereocenters. The number of aryl methyl sites for hydroxylation is 1. The first-order valence-corrected chi connectivity index (χ1v) is 8.27. The van der Waals surface area contributed by atoms with Gasteiger partial charge in [0, 0.05) is 10.9 Å². The lowest BCUT2D eigenvalue weighted by molar-refractivity contribution is 0.0947. The number of thiophene rings is 1. The number of rotatable bonds is 2. The summed E-state index contributed by atoms with van der Waals surface area (Å²) < 4.78 is 0. The van der Waals surface area contributed by atoms with Crippen LogP contribution in [-0.2, 0) is 0 Å². The number of carbonyl (C=O) groups is 1. The molecule has 20 heavy (non-hydrogen) atoms. The number of nitrogens with one attached hydrogen (secondary N) is 3. The molecule has 2 aliphatic carbocycles. The van der Waals surface area contributed by atoms with Crippen molar-refractivity contribution in [1.29, 1.82) is 0 Å². The summed E-state index contributed by atoms with van der Waals surface area (Å²) >= 11 is 6.72. The summed E-state index contributed by atoms with van der Waals surface area (Å²) in [5.74, 6) is 1.50. The highest BCUT2D eigenvalue weighted by atomic mass is 32.1. The topological polar surface area (TPSA) is 53.2 Å². The summed E-state index contributed by atoms with van der Waals surface area (Å²) in [6.07, 6.45) is 5.23. The standard InChI is InChI=1S/C14H19N3OS2/c1-8-2-5-12(20-8)13(18)16-17-14(19)15-11-7-9-3-4-10(11)6-9/h2,5,9-11H,3-4,6-7H2,1H3,(H,16,18)(H2,15,17,19)/t9-,10-,11+/m1/s1. The van der Waals surface area contributed by atoms with Gasteiger partial charge in [0.05, 0.1) is 4.88 Å². The quantitative estimate of drug-likeness (QED) is 0.580. The fraction of sp³-hybridized carbons (Fsp3) is 0.571. The molecule has 1 aromatic rings. The predicted molar refractivity (Wildman–Crippen MR) is 84.6 cm³/mol. The first-order valence-electron chi connectivity index (χ1n) is 7.05. The maximum absolute atomic E-state index is 11.9. The highest BCUT2D eigenvalue weighted by molar-refractivity contribution is 7.80. The summed E-state index contributed by atoms with van der Waals surface area (Å²) in [5.41, 5.74) is 5.45. The van der Waals surface area contributed by atoms with Gasteiger partial charge in [-0.1, -0.05) is 6.42 Å². The molecule has 0 aromatic carbocycles. The van der Waals surface area contributed by atoms with Crippen molar-refractivity contribution in [2.45, 2.75) is 38.6 Å². The Hall–Kier alpha value is -1.14. The van der Waals surface area contributed by atoms with Gasteiger partial charge < -0.3 is 5.32 Å². The number of hydrazine groups is 1. The zero-order chi connectivity index (χ0) is 14.1. The van der Waals surface area contributed by atoms with E-state index in [4.69, 9.17) is 12.2 Å². The van der Waals surface area contributed by atoms with Gasteiger partial charge in [0.15, 0.2) is 5.11 Å². The molecule has 4 nitrogen and oxygen atoms in total. The SMILES string of the molecule is Cc1ccc(C(=O)NNC(=S)N[C@H]2C[C@@H]3CC[C@@H]2C3)s1. The van der Waals surface area contributed by atoms with Gasteiger partial charge in [0.25, 0.3) is 5.91 Å². The molecule has 0 radical (unpaired) electrons. The number of amides is 1. The zero-order valence-electron chi connectivity index (χ0n) is 11.4. The average molecular weight is 309 g/mol. The Morgan fingerprint density at radius 3 is 2.75 bits per heavy atom. The van der Waals surface area contributed by atoms with E-state index in [1.165, 1.54) is 37.0 Å². The molecule has 0 saturated heterocycles. The molecule has 2 fully saturated rings. The van der Waals surface area contributed by atoms with Gasteiger partial charge in [0.1, 0.15) is 0 Å². The Labute approximate surface area is 128 Å². The van der Waals surface area contributed by atoms with Crippen LogP contribution in [-0.4, -0.2) is 17.1 Å². The van der Waals surface area contributed by atoms with Crippen LogP contribution >= 0.6 is 23.6 Å². The highest BCUT2D eigenvalue weighted by Crippen LogP contribution is 2.44. The number of thiocarbonyl (C=S) groups is 1. The molecule has 2 bridgehead atoms. The number of fused-ring (bicyclic) bond motifs is 2. The molecular weight excluding hydrogens is 290 g/mol. The van der Waals surface area contributed by atoms with E-state index in [0.29, 0.717) is 16.0 Å². The first-order chi connectivity index (χ1) is 9.61. The second kappa shape index (κ2) is 5.69. The van der Waals surface area contributed by atoms with E-state index >= 15 is 0 Å². The Bertz CT molecular complexity index is 528. The third kappa shape index (κ3) is 2.96. The van der Waals surface area contributed by atoms with Gasteiger partial charge in [-0.15, -0.1) is 11.3 Å². The number of hydrogen-bond acceptors (Lipinski definition) is 3. The van der Waals surface area contributed by atoms with E-state index in [-0.39, 0.29) is 5.91 Å². The van der Waals surface area contributed by atoms with Crippen molar-refractivity contribution in [2.24, 2.45) is 11.8 Å². The van der Waals surface area contributed by atoms with E-state index in [9.17, 15) is 4.79 Å². The normalized spacial score (nSPS) is 27.4. The lowest BCUT2D eigenvalue weighted by atomic mass is 9.96. The molecule has 6 heteroatoms. The van der Waals surface area contributed by atoms with Crippen LogP contribution in [0.25, 0.3) is 0 Å². The van der Waals surface area contributed by atoms with E-state index in [1.807, 2.05) is 19.1 Å². The van der Waals surface area contributed by atoms with Crippen LogP contribution in [0.15, 0.2) is 12.1 Å².